The first-order valence-electron chi connectivity index (χ1n) is 13.3. The lowest BCUT2D eigenvalue weighted by molar-refractivity contribution is -0.114. The first-order chi connectivity index (χ1) is 18.9. The summed E-state index contributed by atoms with van der Waals surface area (Å²) >= 11 is 6.33. The highest BCUT2D eigenvalue weighted by Gasteiger charge is 2.27. The molecule has 3 N–H and O–H groups in total. The van der Waals surface area contributed by atoms with Crippen molar-refractivity contribution in [3.05, 3.63) is 59.5 Å². The summed E-state index contributed by atoms with van der Waals surface area (Å²) in [5.41, 5.74) is 2.38. The average Bonchev–Trinajstić information content (AvgIpc) is 2.92. The molecule has 206 valence electrons. The average molecular weight is 553 g/mol. The summed E-state index contributed by atoms with van der Waals surface area (Å²) in [5.74, 6) is 0.145. The zero-order chi connectivity index (χ0) is 27.4. The Hall–Kier alpha value is -3.47. The Kier molecular flexibility index (Phi) is 8.44. The van der Waals surface area contributed by atoms with Crippen LogP contribution in [0.3, 0.4) is 0 Å². The molecule has 2 saturated heterocycles. The van der Waals surface area contributed by atoms with E-state index < -0.39 is 0 Å². The van der Waals surface area contributed by atoms with Crippen molar-refractivity contribution in [1.82, 2.24) is 19.8 Å². The van der Waals surface area contributed by atoms with Gasteiger partial charge < -0.3 is 25.8 Å². The second kappa shape index (κ2) is 12.1. The van der Waals surface area contributed by atoms with Gasteiger partial charge in [0, 0.05) is 57.9 Å². The molecule has 5 rings (SSSR count). The minimum atomic E-state index is -0.283. The number of hydrogen-bond donors (Lipinski definition) is 3. The number of amides is 1. The van der Waals surface area contributed by atoms with Crippen LogP contribution in [0.5, 0.6) is 0 Å². The van der Waals surface area contributed by atoms with Crippen LogP contribution >= 0.6 is 11.6 Å². The van der Waals surface area contributed by atoms with Gasteiger partial charge in [-0.1, -0.05) is 23.7 Å². The SMILES string of the molecule is CC(=O)Nc1ccccc1Nc1nc(Nc2ccc(N3CCC(N4CCN(C)CC4)CC3)c(F)c2)ncc1Cl. The maximum atomic E-state index is 15.2. The molecular weight excluding hydrogens is 519 g/mol. The molecular formula is C28H34ClFN8O. The van der Waals surface area contributed by atoms with Crippen LogP contribution in [0, 0.1) is 5.82 Å². The Labute approximate surface area is 233 Å². The van der Waals surface area contributed by atoms with Gasteiger partial charge in [0.15, 0.2) is 5.82 Å². The first-order valence-corrected chi connectivity index (χ1v) is 13.6. The number of nitrogens with one attached hydrogen (secondary N) is 3. The molecule has 9 nitrogen and oxygen atoms in total. The Morgan fingerprint density at radius 2 is 1.72 bits per heavy atom. The Bertz CT molecular complexity index is 1310. The lowest BCUT2D eigenvalue weighted by Gasteiger charge is -2.42. The van der Waals surface area contributed by atoms with E-state index in [2.05, 4.69) is 47.7 Å². The van der Waals surface area contributed by atoms with Crippen molar-refractivity contribution in [2.75, 3.05) is 67.2 Å². The number of benzene rings is 2. The van der Waals surface area contributed by atoms with E-state index in [4.69, 9.17) is 11.6 Å². The highest BCUT2D eigenvalue weighted by atomic mass is 35.5. The van der Waals surface area contributed by atoms with Gasteiger partial charge in [0.1, 0.15) is 10.8 Å². The number of anilines is 6. The summed E-state index contributed by atoms with van der Waals surface area (Å²) in [6.45, 7) is 7.58. The number of hydrogen-bond acceptors (Lipinski definition) is 8. The smallest absolute Gasteiger partial charge is 0.229 e. The first kappa shape index (κ1) is 27.1. The molecule has 0 bridgehead atoms. The zero-order valence-corrected chi connectivity index (χ0v) is 23.0. The predicted molar refractivity (Wildman–Crippen MR) is 155 cm³/mol. The quantitative estimate of drug-likeness (QED) is 0.380. The van der Waals surface area contributed by atoms with Crippen LogP contribution in [0.15, 0.2) is 48.7 Å². The van der Waals surface area contributed by atoms with E-state index in [-0.39, 0.29) is 17.7 Å². The van der Waals surface area contributed by atoms with Crippen molar-refractivity contribution in [2.45, 2.75) is 25.8 Å². The second-order valence-electron chi connectivity index (χ2n) is 10.1. The standard InChI is InChI=1S/C28H34ClFN8O/c1-19(39)32-24-5-3-4-6-25(24)34-27-22(29)18-31-28(35-27)33-20-7-8-26(23(30)17-20)38-11-9-21(10-12-38)37-15-13-36(2)14-16-37/h3-8,17-18,21H,9-16H2,1-2H3,(H,32,39)(H2,31,33,34,35). The Morgan fingerprint density at radius 3 is 2.41 bits per heavy atom. The van der Waals surface area contributed by atoms with Gasteiger partial charge in [0.05, 0.1) is 23.3 Å². The van der Waals surface area contributed by atoms with E-state index in [1.165, 1.54) is 19.2 Å². The van der Waals surface area contributed by atoms with E-state index in [9.17, 15) is 4.79 Å². The molecule has 39 heavy (non-hydrogen) atoms. The molecule has 11 heteroatoms. The number of piperazine rings is 1. The molecule has 3 aromatic rings. The molecule has 0 spiro atoms. The fraction of sp³-hybridized carbons (Fsp3) is 0.393. The highest BCUT2D eigenvalue weighted by molar-refractivity contribution is 6.33. The van der Waals surface area contributed by atoms with E-state index in [0.29, 0.717) is 39.6 Å². The molecule has 3 heterocycles. The van der Waals surface area contributed by atoms with E-state index in [0.717, 1.165) is 52.1 Å². The summed E-state index contributed by atoms with van der Waals surface area (Å²) in [5, 5.41) is 9.29. The molecule has 0 saturated carbocycles. The van der Waals surface area contributed by atoms with Crippen LogP contribution in [0.1, 0.15) is 19.8 Å². The van der Waals surface area contributed by atoms with Gasteiger partial charge in [-0.05, 0) is 50.2 Å². The lowest BCUT2D eigenvalue weighted by atomic mass is 10.0. The number of piperidine rings is 1. The summed E-state index contributed by atoms with van der Waals surface area (Å²) in [6, 6.07) is 12.9. The molecule has 0 unspecified atom stereocenters. The van der Waals surface area contributed by atoms with Crippen LogP contribution in [-0.2, 0) is 4.79 Å². The van der Waals surface area contributed by atoms with Crippen molar-refractivity contribution >= 4 is 52.0 Å². The summed E-state index contributed by atoms with van der Waals surface area (Å²) in [7, 11) is 2.17. The number of para-hydroxylation sites is 2. The molecule has 0 aliphatic carbocycles. The van der Waals surface area contributed by atoms with Crippen LogP contribution in [-0.4, -0.2) is 78.0 Å². The zero-order valence-electron chi connectivity index (χ0n) is 22.3. The molecule has 2 aromatic carbocycles. The van der Waals surface area contributed by atoms with Gasteiger partial charge in [-0.25, -0.2) is 9.37 Å². The second-order valence-corrected chi connectivity index (χ2v) is 10.5. The van der Waals surface area contributed by atoms with Crippen molar-refractivity contribution in [1.29, 1.82) is 0 Å². The predicted octanol–water partition coefficient (Wildman–Crippen LogP) is 4.93. The van der Waals surface area contributed by atoms with Crippen molar-refractivity contribution in [3.8, 4) is 0 Å². The molecule has 2 fully saturated rings. The molecule has 1 amide bonds. The van der Waals surface area contributed by atoms with Crippen molar-refractivity contribution < 1.29 is 9.18 Å². The normalized spacial score (nSPS) is 17.2. The molecule has 2 aliphatic heterocycles. The summed E-state index contributed by atoms with van der Waals surface area (Å²) in [4.78, 5) is 27.4. The third kappa shape index (κ3) is 6.76. The third-order valence-corrected chi connectivity index (χ3v) is 7.57. The molecule has 2 aliphatic rings. The molecule has 1 aromatic heterocycles. The maximum Gasteiger partial charge on any atom is 0.229 e. The largest absolute Gasteiger partial charge is 0.369 e. The number of nitrogens with zero attached hydrogens (tertiary/aromatic N) is 5. The number of carbonyl (C=O) groups is 1. The summed E-state index contributed by atoms with van der Waals surface area (Å²) in [6.07, 6.45) is 3.56. The van der Waals surface area contributed by atoms with Crippen LogP contribution in [0.25, 0.3) is 0 Å². The van der Waals surface area contributed by atoms with E-state index in [1.54, 1.807) is 12.1 Å². The van der Waals surface area contributed by atoms with Gasteiger partial charge >= 0.3 is 0 Å². The molecule has 0 radical (unpaired) electrons. The summed E-state index contributed by atoms with van der Waals surface area (Å²) < 4.78 is 15.2. The van der Waals surface area contributed by atoms with Crippen molar-refractivity contribution in [3.63, 3.8) is 0 Å². The fourth-order valence-electron chi connectivity index (χ4n) is 5.16. The lowest BCUT2D eigenvalue weighted by Crippen LogP contribution is -2.52. The minimum Gasteiger partial charge on any atom is -0.369 e. The van der Waals surface area contributed by atoms with Gasteiger partial charge in [0.2, 0.25) is 11.9 Å². The van der Waals surface area contributed by atoms with Crippen LogP contribution in [0.4, 0.5) is 38.9 Å². The van der Waals surface area contributed by atoms with E-state index in [1.807, 2.05) is 24.3 Å². The van der Waals surface area contributed by atoms with Crippen molar-refractivity contribution in [2.24, 2.45) is 0 Å². The number of carbonyl (C=O) groups excluding carboxylic acids is 1. The van der Waals surface area contributed by atoms with Gasteiger partial charge in [-0.2, -0.15) is 4.98 Å². The number of rotatable bonds is 7. The third-order valence-electron chi connectivity index (χ3n) is 7.30. The number of likely N-dealkylation sites (N-methyl/N-ethyl adjacent to an activating group) is 1. The van der Waals surface area contributed by atoms with E-state index >= 15 is 4.39 Å². The topological polar surface area (TPSA) is 88.7 Å². The monoisotopic (exact) mass is 552 g/mol. The maximum absolute atomic E-state index is 15.2. The Morgan fingerprint density at radius 1 is 1.00 bits per heavy atom. The Balaban J connectivity index is 1.23. The van der Waals surface area contributed by atoms with Gasteiger partial charge in [-0.15, -0.1) is 0 Å². The van der Waals surface area contributed by atoms with Gasteiger partial charge in [-0.3, -0.25) is 9.69 Å². The molecule has 0 atom stereocenters. The van der Waals surface area contributed by atoms with Crippen LogP contribution < -0.4 is 20.9 Å². The number of aromatic nitrogens is 2. The number of halogens is 2. The highest BCUT2D eigenvalue weighted by Crippen LogP contribution is 2.31. The minimum absolute atomic E-state index is 0.190. The fourth-order valence-corrected chi connectivity index (χ4v) is 5.30. The van der Waals surface area contributed by atoms with Gasteiger partial charge in [0.25, 0.3) is 0 Å². The van der Waals surface area contributed by atoms with Crippen LogP contribution in [0.2, 0.25) is 5.02 Å².